The molecule has 1 aromatic heterocycles. The Morgan fingerprint density at radius 3 is 2.76 bits per heavy atom. The molecule has 0 saturated carbocycles. The van der Waals surface area contributed by atoms with Crippen LogP contribution in [0, 0.1) is 0 Å². The first-order valence-corrected chi connectivity index (χ1v) is 9.59. The molecule has 1 amide bonds. The number of amides is 1. The van der Waals surface area contributed by atoms with Gasteiger partial charge in [0.25, 0.3) is 5.91 Å². The highest BCUT2D eigenvalue weighted by Gasteiger charge is 2.14. The van der Waals surface area contributed by atoms with Gasteiger partial charge in [0.2, 0.25) is 6.79 Å². The maximum atomic E-state index is 12.6. The van der Waals surface area contributed by atoms with Gasteiger partial charge in [0.05, 0.1) is 0 Å². The van der Waals surface area contributed by atoms with Crippen LogP contribution < -0.4 is 20.1 Å². The largest absolute Gasteiger partial charge is 0.454 e. The van der Waals surface area contributed by atoms with E-state index < -0.39 is 0 Å². The molecule has 6 heteroatoms. The molecule has 29 heavy (non-hydrogen) atoms. The van der Waals surface area contributed by atoms with E-state index in [0.717, 1.165) is 22.7 Å². The molecule has 0 unspecified atom stereocenters. The van der Waals surface area contributed by atoms with Crippen LogP contribution in [0.3, 0.4) is 0 Å². The number of aromatic nitrogens is 1. The molecule has 1 aliphatic heterocycles. The van der Waals surface area contributed by atoms with Gasteiger partial charge in [-0.2, -0.15) is 0 Å². The molecule has 0 bridgehead atoms. The number of benzene rings is 2. The Labute approximate surface area is 169 Å². The van der Waals surface area contributed by atoms with Gasteiger partial charge in [0.15, 0.2) is 11.5 Å². The monoisotopic (exact) mass is 389 g/mol. The van der Waals surface area contributed by atoms with Gasteiger partial charge in [-0.05, 0) is 47.4 Å². The minimum atomic E-state index is -0.233. The summed E-state index contributed by atoms with van der Waals surface area (Å²) in [4.78, 5) is 16.8. The molecule has 0 aliphatic carbocycles. The van der Waals surface area contributed by atoms with Crippen LogP contribution in [0.4, 0.5) is 11.4 Å². The van der Waals surface area contributed by atoms with Crippen molar-refractivity contribution in [1.82, 2.24) is 10.3 Å². The number of rotatable bonds is 6. The van der Waals surface area contributed by atoms with Crippen LogP contribution in [0.1, 0.15) is 41.4 Å². The van der Waals surface area contributed by atoms with Crippen LogP contribution in [0.15, 0.2) is 60.8 Å². The Morgan fingerprint density at radius 1 is 1.07 bits per heavy atom. The topological polar surface area (TPSA) is 72.5 Å². The second-order valence-corrected chi connectivity index (χ2v) is 7.17. The van der Waals surface area contributed by atoms with Gasteiger partial charge >= 0.3 is 0 Å². The van der Waals surface area contributed by atoms with Crippen LogP contribution in [-0.4, -0.2) is 17.7 Å². The summed E-state index contributed by atoms with van der Waals surface area (Å²) >= 11 is 0. The zero-order valence-electron chi connectivity index (χ0n) is 16.4. The highest BCUT2D eigenvalue weighted by Crippen LogP contribution is 2.32. The molecule has 2 N–H and O–H groups in total. The summed E-state index contributed by atoms with van der Waals surface area (Å²) in [6, 6.07) is 17.4. The lowest BCUT2D eigenvalue weighted by Gasteiger charge is -2.15. The number of carbonyl (C=O) groups excluding carboxylic acids is 1. The Hall–Kier alpha value is -3.54. The first-order chi connectivity index (χ1) is 14.1. The van der Waals surface area contributed by atoms with Crippen LogP contribution in [0.5, 0.6) is 11.5 Å². The van der Waals surface area contributed by atoms with Crippen molar-refractivity contribution in [2.24, 2.45) is 0 Å². The van der Waals surface area contributed by atoms with Crippen LogP contribution in [-0.2, 0) is 6.54 Å². The highest BCUT2D eigenvalue weighted by atomic mass is 16.7. The van der Waals surface area contributed by atoms with Gasteiger partial charge in [-0.25, -0.2) is 0 Å². The summed E-state index contributed by atoms with van der Waals surface area (Å²) in [5.74, 6) is 1.58. The third-order valence-electron chi connectivity index (χ3n) is 4.74. The number of pyridine rings is 1. The summed E-state index contributed by atoms with van der Waals surface area (Å²) in [5, 5.41) is 6.30. The second kappa shape index (κ2) is 8.22. The molecule has 2 aromatic carbocycles. The fraction of sp³-hybridized carbons (Fsp3) is 0.217. The van der Waals surface area contributed by atoms with Crippen LogP contribution in [0.2, 0.25) is 0 Å². The number of nitrogens with zero attached hydrogens (tertiary/aromatic N) is 1. The quantitative estimate of drug-likeness (QED) is 0.644. The average Bonchev–Trinajstić information content (AvgIpc) is 3.20. The maximum Gasteiger partial charge on any atom is 0.270 e. The van der Waals surface area contributed by atoms with Gasteiger partial charge in [-0.15, -0.1) is 0 Å². The lowest BCUT2D eigenvalue weighted by atomic mass is 10.0. The fourth-order valence-corrected chi connectivity index (χ4v) is 3.23. The Morgan fingerprint density at radius 2 is 1.90 bits per heavy atom. The average molecular weight is 389 g/mol. The number of carbonyl (C=O) groups is 1. The smallest absolute Gasteiger partial charge is 0.270 e. The number of nitrogens with one attached hydrogen (secondary N) is 2. The minimum absolute atomic E-state index is 0.231. The molecule has 0 fully saturated rings. The normalized spacial score (nSPS) is 12.1. The summed E-state index contributed by atoms with van der Waals surface area (Å²) in [5.41, 5.74) is 4.36. The van der Waals surface area contributed by atoms with Crippen LogP contribution in [0.25, 0.3) is 0 Å². The molecular weight excluding hydrogens is 366 g/mol. The fourth-order valence-electron chi connectivity index (χ4n) is 3.23. The standard InChI is InChI=1S/C23H23N3O3/c1-15(2)18-5-3-4-6-19(18)26-17-9-10-24-20(12-17)23(27)25-13-16-7-8-21-22(11-16)29-14-28-21/h3-12,15H,13-14H2,1-2H3,(H,24,26)(H,25,27). The Balaban J connectivity index is 1.44. The van der Waals surface area contributed by atoms with Crippen molar-refractivity contribution in [3.05, 3.63) is 77.6 Å². The predicted octanol–water partition coefficient (Wildman–Crippen LogP) is 4.61. The van der Waals surface area contributed by atoms with E-state index in [2.05, 4.69) is 35.5 Å². The van der Waals surface area contributed by atoms with Gasteiger partial charge in [-0.3, -0.25) is 9.78 Å². The number of anilines is 2. The van der Waals surface area contributed by atoms with E-state index in [0.29, 0.717) is 23.9 Å². The number of hydrogen-bond donors (Lipinski definition) is 2. The molecule has 2 heterocycles. The number of fused-ring (bicyclic) bond motifs is 1. The van der Waals surface area contributed by atoms with Gasteiger partial charge < -0.3 is 20.1 Å². The third-order valence-corrected chi connectivity index (χ3v) is 4.74. The lowest BCUT2D eigenvalue weighted by molar-refractivity contribution is 0.0946. The zero-order valence-corrected chi connectivity index (χ0v) is 16.4. The number of hydrogen-bond acceptors (Lipinski definition) is 5. The summed E-state index contributed by atoms with van der Waals surface area (Å²) in [6.07, 6.45) is 1.63. The third kappa shape index (κ3) is 4.32. The van der Waals surface area contributed by atoms with Crippen molar-refractivity contribution >= 4 is 17.3 Å². The molecular formula is C23H23N3O3. The van der Waals surface area contributed by atoms with E-state index >= 15 is 0 Å². The molecule has 1 aliphatic rings. The first kappa shape index (κ1) is 18.8. The number of para-hydroxylation sites is 1. The minimum Gasteiger partial charge on any atom is -0.454 e. The molecule has 4 rings (SSSR count). The maximum absolute atomic E-state index is 12.6. The molecule has 0 atom stereocenters. The van der Waals surface area contributed by atoms with E-state index in [1.165, 1.54) is 5.56 Å². The predicted molar refractivity (Wildman–Crippen MR) is 112 cm³/mol. The van der Waals surface area contributed by atoms with Crippen molar-refractivity contribution in [1.29, 1.82) is 0 Å². The van der Waals surface area contributed by atoms with Crippen molar-refractivity contribution in [2.75, 3.05) is 12.1 Å². The summed E-state index contributed by atoms with van der Waals surface area (Å²) in [7, 11) is 0. The SMILES string of the molecule is CC(C)c1ccccc1Nc1ccnc(C(=O)NCc2ccc3c(c2)OCO3)c1. The van der Waals surface area contributed by atoms with E-state index in [9.17, 15) is 4.79 Å². The molecule has 3 aromatic rings. The van der Waals surface area contributed by atoms with Crippen molar-refractivity contribution < 1.29 is 14.3 Å². The molecule has 0 saturated heterocycles. The van der Waals surface area contributed by atoms with Crippen LogP contribution >= 0.6 is 0 Å². The highest BCUT2D eigenvalue weighted by molar-refractivity contribution is 5.93. The molecule has 0 spiro atoms. The Kier molecular flexibility index (Phi) is 5.33. The van der Waals surface area contributed by atoms with E-state index in [1.54, 1.807) is 12.3 Å². The Bertz CT molecular complexity index is 1030. The van der Waals surface area contributed by atoms with Crippen molar-refractivity contribution in [3.63, 3.8) is 0 Å². The summed E-state index contributed by atoms with van der Waals surface area (Å²) in [6.45, 7) is 4.92. The van der Waals surface area contributed by atoms with Crippen molar-refractivity contribution in [3.8, 4) is 11.5 Å². The van der Waals surface area contributed by atoms with E-state index in [4.69, 9.17) is 9.47 Å². The summed E-state index contributed by atoms with van der Waals surface area (Å²) < 4.78 is 10.7. The van der Waals surface area contributed by atoms with E-state index in [-0.39, 0.29) is 12.7 Å². The first-order valence-electron chi connectivity index (χ1n) is 9.59. The molecule has 148 valence electrons. The van der Waals surface area contributed by atoms with Crippen molar-refractivity contribution in [2.45, 2.75) is 26.3 Å². The molecule has 6 nitrogen and oxygen atoms in total. The van der Waals surface area contributed by atoms with Gasteiger partial charge in [0.1, 0.15) is 5.69 Å². The van der Waals surface area contributed by atoms with E-state index in [1.807, 2.05) is 42.5 Å². The molecule has 0 radical (unpaired) electrons. The number of ether oxygens (including phenoxy) is 2. The van der Waals surface area contributed by atoms with Gasteiger partial charge in [-0.1, -0.05) is 38.1 Å². The van der Waals surface area contributed by atoms with Gasteiger partial charge in [0, 0.05) is 24.1 Å². The zero-order chi connectivity index (χ0) is 20.2. The second-order valence-electron chi connectivity index (χ2n) is 7.17. The lowest BCUT2D eigenvalue weighted by Crippen LogP contribution is -2.23.